The molecule has 1 rings (SSSR count). The first-order valence-corrected chi connectivity index (χ1v) is 5.19. The summed E-state index contributed by atoms with van der Waals surface area (Å²) in [6.45, 7) is 0.568. The summed E-state index contributed by atoms with van der Waals surface area (Å²) in [7, 11) is 0. The molecule has 1 amide bonds. The minimum Gasteiger partial charge on any atom is -0.480 e. The number of aliphatic carboxylic acids is 2. The molecule has 0 heterocycles. The summed E-state index contributed by atoms with van der Waals surface area (Å²) >= 11 is 0. The van der Waals surface area contributed by atoms with Crippen LogP contribution in [0, 0.1) is 6.92 Å². The van der Waals surface area contributed by atoms with Crippen LogP contribution in [0.1, 0.15) is 15.9 Å². The third kappa shape index (κ3) is 3.89. The number of nitrogens with zero attached hydrogens (tertiary/aromatic N) is 1. The number of carboxylic acids is 2. The lowest BCUT2D eigenvalue weighted by molar-refractivity contribution is -0.140. The van der Waals surface area contributed by atoms with Crippen molar-refractivity contribution in [2.75, 3.05) is 13.1 Å². The summed E-state index contributed by atoms with van der Waals surface area (Å²) in [5.74, 6) is -3.12. The zero-order chi connectivity index (χ0) is 13.7. The number of aryl methyl sites for hydroxylation is 1. The summed E-state index contributed by atoms with van der Waals surface area (Å²) in [4.78, 5) is 33.9. The summed E-state index contributed by atoms with van der Waals surface area (Å²) in [5.41, 5.74) is 1.22. The third-order valence-electron chi connectivity index (χ3n) is 2.24. The molecule has 0 aliphatic rings. The van der Waals surface area contributed by atoms with E-state index in [4.69, 9.17) is 10.2 Å². The Kier molecular flexibility index (Phi) is 4.42. The van der Waals surface area contributed by atoms with Gasteiger partial charge in [-0.2, -0.15) is 0 Å². The van der Waals surface area contributed by atoms with Crippen LogP contribution in [-0.4, -0.2) is 46.0 Å². The Hall–Kier alpha value is -2.37. The second kappa shape index (κ2) is 5.81. The number of hydrogen-bond acceptors (Lipinski definition) is 3. The number of amides is 1. The van der Waals surface area contributed by atoms with Crippen LogP contribution < -0.4 is 0 Å². The first-order valence-electron chi connectivity index (χ1n) is 5.19. The van der Waals surface area contributed by atoms with Crippen molar-refractivity contribution in [1.29, 1.82) is 0 Å². The Morgan fingerprint density at radius 2 is 1.44 bits per heavy atom. The van der Waals surface area contributed by atoms with E-state index in [1.54, 1.807) is 12.1 Å². The molecule has 0 fully saturated rings. The van der Waals surface area contributed by atoms with Crippen molar-refractivity contribution in [3.8, 4) is 0 Å². The van der Waals surface area contributed by atoms with Crippen molar-refractivity contribution < 1.29 is 24.6 Å². The highest BCUT2D eigenvalue weighted by Gasteiger charge is 2.20. The lowest BCUT2D eigenvalue weighted by Crippen LogP contribution is -2.39. The fourth-order valence-electron chi connectivity index (χ4n) is 1.40. The molecule has 0 saturated carbocycles. The average molecular weight is 251 g/mol. The smallest absolute Gasteiger partial charge is 0.323 e. The minimum atomic E-state index is -1.25. The number of carbonyl (C=O) groups excluding carboxylic acids is 1. The van der Waals surface area contributed by atoms with Gasteiger partial charge in [-0.3, -0.25) is 14.4 Å². The maximum atomic E-state index is 11.9. The Morgan fingerprint density at radius 3 is 1.83 bits per heavy atom. The molecule has 0 unspecified atom stereocenters. The molecule has 0 spiro atoms. The zero-order valence-electron chi connectivity index (χ0n) is 9.79. The van der Waals surface area contributed by atoms with Crippen molar-refractivity contribution in [2.24, 2.45) is 0 Å². The Morgan fingerprint density at radius 1 is 1.00 bits per heavy atom. The molecular formula is C12H13NO5. The van der Waals surface area contributed by atoms with Gasteiger partial charge in [0.15, 0.2) is 0 Å². The summed E-state index contributed by atoms with van der Waals surface area (Å²) < 4.78 is 0. The van der Waals surface area contributed by atoms with Crippen LogP contribution in [0.4, 0.5) is 0 Å². The second-order valence-corrected chi connectivity index (χ2v) is 3.81. The fraction of sp³-hybridized carbons (Fsp3) is 0.250. The largest absolute Gasteiger partial charge is 0.480 e. The van der Waals surface area contributed by atoms with Crippen LogP contribution in [0.3, 0.4) is 0 Å². The van der Waals surface area contributed by atoms with E-state index in [0.29, 0.717) is 0 Å². The molecule has 0 aliphatic carbocycles. The maximum absolute atomic E-state index is 11.9. The van der Waals surface area contributed by atoms with Gasteiger partial charge in [-0.15, -0.1) is 0 Å². The minimum absolute atomic E-state index is 0.267. The molecule has 6 nitrogen and oxygen atoms in total. The van der Waals surface area contributed by atoms with Gasteiger partial charge in [-0.1, -0.05) is 17.7 Å². The van der Waals surface area contributed by atoms with Gasteiger partial charge in [0.1, 0.15) is 13.1 Å². The van der Waals surface area contributed by atoms with Gasteiger partial charge < -0.3 is 15.1 Å². The molecule has 6 heteroatoms. The molecule has 0 saturated heterocycles. The maximum Gasteiger partial charge on any atom is 0.323 e. The van der Waals surface area contributed by atoms with E-state index in [2.05, 4.69) is 0 Å². The van der Waals surface area contributed by atoms with E-state index >= 15 is 0 Å². The van der Waals surface area contributed by atoms with Gasteiger partial charge in [0.05, 0.1) is 0 Å². The van der Waals surface area contributed by atoms with Crippen molar-refractivity contribution in [2.45, 2.75) is 6.92 Å². The molecule has 0 aliphatic heterocycles. The van der Waals surface area contributed by atoms with Gasteiger partial charge in [0.2, 0.25) is 0 Å². The SMILES string of the molecule is Cc1ccc(C(=O)N(CC(=O)O)CC(=O)O)cc1. The number of benzene rings is 1. The quantitative estimate of drug-likeness (QED) is 0.799. The Labute approximate surface area is 103 Å². The Balaban J connectivity index is 2.90. The number of hydrogen-bond donors (Lipinski definition) is 2. The lowest BCUT2D eigenvalue weighted by Gasteiger charge is -2.18. The van der Waals surface area contributed by atoms with Crippen LogP contribution in [0.2, 0.25) is 0 Å². The first kappa shape index (κ1) is 13.7. The van der Waals surface area contributed by atoms with E-state index in [1.807, 2.05) is 6.92 Å². The average Bonchev–Trinajstić information content (AvgIpc) is 2.27. The molecule has 18 heavy (non-hydrogen) atoms. The molecular weight excluding hydrogens is 238 g/mol. The van der Waals surface area contributed by atoms with Crippen LogP contribution >= 0.6 is 0 Å². The van der Waals surface area contributed by atoms with Crippen molar-refractivity contribution in [3.63, 3.8) is 0 Å². The van der Waals surface area contributed by atoms with Crippen molar-refractivity contribution in [1.82, 2.24) is 4.90 Å². The summed E-state index contributed by atoms with van der Waals surface area (Å²) in [5, 5.41) is 17.3. The second-order valence-electron chi connectivity index (χ2n) is 3.81. The van der Waals surface area contributed by atoms with Gasteiger partial charge >= 0.3 is 11.9 Å². The van der Waals surface area contributed by atoms with Crippen LogP contribution in [0.5, 0.6) is 0 Å². The molecule has 0 radical (unpaired) electrons. The molecule has 0 aromatic heterocycles. The lowest BCUT2D eigenvalue weighted by atomic mass is 10.1. The summed E-state index contributed by atoms with van der Waals surface area (Å²) in [6, 6.07) is 6.47. The predicted octanol–water partition coefficient (Wildman–Crippen LogP) is 0.606. The molecule has 1 aromatic rings. The first-order chi connectivity index (χ1) is 8.40. The fourth-order valence-corrected chi connectivity index (χ4v) is 1.40. The molecule has 2 N–H and O–H groups in total. The third-order valence-corrected chi connectivity index (χ3v) is 2.24. The monoisotopic (exact) mass is 251 g/mol. The highest BCUT2D eigenvalue weighted by molar-refractivity contribution is 5.97. The van der Waals surface area contributed by atoms with Crippen LogP contribution in [0.15, 0.2) is 24.3 Å². The molecule has 1 aromatic carbocycles. The van der Waals surface area contributed by atoms with E-state index in [0.717, 1.165) is 10.5 Å². The molecule has 0 bridgehead atoms. The number of rotatable bonds is 5. The predicted molar refractivity (Wildman–Crippen MR) is 62.4 cm³/mol. The Bertz CT molecular complexity index is 450. The number of carboxylic acid groups (broad SMARTS) is 2. The number of carbonyl (C=O) groups is 3. The normalized spacial score (nSPS) is 9.83. The highest BCUT2D eigenvalue weighted by Crippen LogP contribution is 2.07. The zero-order valence-corrected chi connectivity index (χ0v) is 9.79. The van der Waals surface area contributed by atoms with Crippen LogP contribution in [0.25, 0.3) is 0 Å². The highest BCUT2D eigenvalue weighted by atomic mass is 16.4. The van der Waals surface area contributed by atoms with Gasteiger partial charge in [0, 0.05) is 5.56 Å². The molecule has 96 valence electrons. The molecule has 0 atom stereocenters. The van der Waals surface area contributed by atoms with Crippen molar-refractivity contribution in [3.05, 3.63) is 35.4 Å². The van der Waals surface area contributed by atoms with E-state index < -0.39 is 30.9 Å². The van der Waals surface area contributed by atoms with Gasteiger partial charge in [-0.25, -0.2) is 0 Å². The van der Waals surface area contributed by atoms with E-state index in [-0.39, 0.29) is 5.56 Å². The standard InChI is InChI=1S/C12H13NO5/c1-8-2-4-9(5-3-8)12(18)13(6-10(14)15)7-11(16)17/h2-5H,6-7H2,1H3,(H,14,15)(H,16,17). The van der Waals surface area contributed by atoms with E-state index in [1.165, 1.54) is 12.1 Å². The van der Waals surface area contributed by atoms with Crippen LogP contribution in [-0.2, 0) is 9.59 Å². The van der Waals surface area contributed by atoms with E-state index in [9.17, 15) is 14.4 Å². The van der Waals surface area contributed by atoms with Gasteiger partial charge in [-0.05, 0) is 19.1 Å². The topological polar surface area (TPSA) is 94.9 Å². The van der Waals surface area contributed by atoms with Gasteiger partial charge in [0.25, 0.3) is 5.91 Å². The summed E-state index contributed by atoms with van der Waals surface area (Å²) in [6.07, 6.45) is 0. The van der Waals surface area contributed by atoms with Crippen molar-refractivity contribution >= 4 is 17.8 Å².